The number of rotatable bonds is 6. The van der Waals surface area contributed by atoms with Crippen molar-refractivity contribution in [1.29, 1.82) is 0 Å². The van der Waals surface area contributed by atoms with E-state index >= 15 is 0 Å². The Labute approximate surface area is 174 Å². The van der Waals surface area contributed by atoms with Crippen LogP contribution in [-0.4, -0.2) is 70.2 Å². The second-order valence-corrected chi connectivity index (χ2v) is 7.43. The number of anilines is 2. The van der Waals surface area contributed by atoms with E-state index in [4.69, 9.17) is 0 Å². The zero-order valence-corrected chi connectivity index (χ0v) is 16.7. The van der Waals surface area contributed by atoms with Crippen LogP contribution in [0.15, 0.2) is 42.7 Å². The number of nitrogens with one attached hydrogen (secondary N) is 1. The van der Waals surface area contributed by atoms with Crippen molar-refractivity contribution in [3.05, 3.63) is 48.3 Å². The molecule has 3 heterocycles. The molecule has 4 rings (SSSR count). The first-order valence-corrected chi connectivity index (χ1v) is 10.0. The number of carbonyl (C=O) groups excluding carboxylic acids is 3. The fraction of sp³-hybridized carbons (Fsp3) is 0.381. The summed E-state index contributed by atoms with van der Waals surface area (Å²) in [5.41, 5.74) is 1.30. The summed E-state index contributed by atoms with van der Waals surface area (Å²) in [6.07, 6.45) is 1.74. The Bertz CT molecular complexity index is 911. The maximum atomic E-state index is 12.2. The van der Waals surface area contributed by atoms with Crippen LogP contribution in [0.1, 0.15) is 18.4 Å². The van der Waals surface area contributed by atoms with Gasteiger partial charge in [-0.3, -0.25) is 24.2 Å². The Morgan fingerprint density at radius 2 is 1.67 bits per heavy atom. The smallest absolute Gasteiger partial charge is 0.245 e. The quantitative estimate of drug-likeness (QED) is 0.709. The minimum atomic E-state index is -0.448. The van der Waals surface area contributed by atoms with Gasteiger partial charge in [0.2, 0.25) is 17.7 Å². The topological polar surface area (TPSA) is 98.7 Å². The summed E-state index contributed by atoms with van der Waals surface area (Å²) >= 11 is 0. The molecular formula is C21H24N6O3. The molecule has 9 nitrogen and oxygen atoms in total. The van der Waals surface area contributed by atoms with E-state index in [1.807, 2.05) is 6.07 Å². The zero-order chi connectivity index (χ0) is 20.9. The van der Waals surface area contributed by atoms with Crippen molar-refractivity contribution >= 4 is 29.4 Å². The lowest BCUT2D eigenvalue weighted by atomic mass is 10.2. The summed E-state index contributed by atoms with van der Waals surface area (Å²) < 4.78 is 0. The SMILES string of the molecule is O=C(CN1C(=O)CCC1=O)Nc1cc(N2CCN(Cc3ccccc3)CC2)ncn1. The van der Waals surface area contributed by atoms with E-state index in [2.05, 4.69) is 49.4 Å². The summed E-state index contributed by atoms with van der Waals surface area (Å²) in [6, 6.07) is 12.1. The van der Waals surface area contributed by atoms with Crippen LogP contribution in [0.25, 0.3) is 0 Å². The third-order valence-corrected chi connectivity index (χ3v) is 5.32. The maximum Gasteiger partial charge on any atom is 0.245 e. The zero-order valence-electron chi connectivity index (χ0n) is 16.7. The monoisotopic (exact) mass is 408 g/mol. The van der Waals surface area contributed by atoms with E-state index in [0.29, 0.717) is 5.82 Å². The van der Waals surface area contributed by atoms with Gasteiger partial charge in [0.1, 0.15) is 24.5 Å². The van der Waals surface area contributed by atoms with E-state index in [-0.39, 0.29) is 31.2 Å². The number of aromatic nitrogens is 2. The van der Waals surface area contributed by atoms with Crippen molar-refractivity contribution in [2.75, 3.05) is 42.9 Å². The van der Waals surface area contributed by atoms with Crippen LogP contribution in [-0.2, 0) is 20.9 Å². The number of nitrogens with zero attached hydrogens (tertiary/aromatic N) is 5. The minimum Gasteiger partial charge on any atom is -0.354 e. The van der Waals surface area contributed by atoms with Gasteiger partial charge >= 0.3 is 0 Å². The molecule has 9 heteroatoms. The second-order valence-electron chi connectivity index (χ2n) is 7.43. The molecule has 3 amide bonds. The molecule has 2 aromatic rings. The van der Waals surface area contributed by atoms with Gasteiger partial charge in [0.15, 0.2) is 0 Å². The molecule has 0 unspecified atom stereocenters. The Morgan fingerprint density at radius 1 is 0.967 bits per heavy atom. The minimum absolute atomic E-state index is 0.167. The van der Waals surface area contributed by atoms with Gasteiger partial charge in [-0.15, -0.1) is 0 Å². The molecule has 2 aliphatic rings. The third-order valence-electron chi connectivity index (χ3n) is 5.32. The van der Waals surface area contributed by atoms with Crippen molar-refractivity contribution in [3.8, 4) is 0 Å². The van der Waals surface area contributed by atoms with Crippen molar-refractivity contribution in [2.24, 2.45) is 0 Å². The first kappa shape index (κ1) is 20.0. The number of hydrogen-bond donors (Lipinski definition) is 1. The number of carbonyl (C=O) groups is 3. The van der Waals surface area contributed by atoms with Crippen LogP contribution in [0.3, 0.4) is 0 Å². The van der Waals surface area contributed by atoms with Crippen LogP contribution in [0, 0.1) is 0 Å². The van der Waals surface area contributed by atoms with Gasteiger partial charge in [-0.2, -0.15) is 0 Å². The summed E-state index contributed by atoms with van der Waals surface area (Å²) in [4.78, 5) is 49.5. The molecule has 2 aliphatic heterocycles. The van der Waals surface area contributed by atoms with Crippen molar-refractivity contribution < 1.29 is 14.4 Å². The van der Waals surface area contributed by atoms with E-state index in [1.54, 1.807) is 6.07 Å². The molecule has 0 spiro atoms. The van der Waals surface area contributed by atoms with E-state index in [0.717, 1.165) is 43.4 Å². The summed E-state index contributed by atoms with van der Waals surface area (Å²) in [5.74, 6) is 0.0264. The number of likely N-dealkylation sites (tertiary alicyclic amines) is 1. The highest BCUT2D eigenvalue weighted by Crippen LogP contribution is 2.18. The highest BCUT2D eigenvalue weighted by Gasteiger charge is 2.30. The Balaban J connectivity index is 1.31. The number of amides is 3. The summed E-state index contributed by atoms with van der Waals surface area (Å²) in [5, 5.41) is 2.66. The fourth-order valence-corrected chi connectivity index (χ4v) is 3.69. The molecule has 1 aromatic carbocycles. The lowest BCUT2D eigenvalue weighted by Gasteiger charge is -2.35. The second kappa shape index (κ2) is 9.00. The molecule has 30 heavy (non-hydrogen) atoms. The van der Waals surface area contributed by atoms with Gasteiger partial charge in [-0.25, -0.2) is 9.97 Å². The standard InChI is InChI=1S/C21H24N6O3/c28-19(14-27-20(29)6-7-21(27)30)24-17-12-18(23-15-22-17)26-10-8-25(9-11-26)13-16-4-2-1-3-5-16/h1-5,12,15H,6-11,13-14H2,(H,22,23,24,28). The molecule has 156 valence electrons. The van der Waals surface area contributed by atoms with Crippen LogP contribution in [0.4, 0.5) is 11.6 Å². The van der Waals surface area contributed by atoms with Crippen molar-refractivity contribution in [3.63, 3.8) is 0 Å². The summed E-state index contributed by atoms with van der Waals surface area (Å²) in [6.45, 7) is 4.13. The Kier molecular flexibility index (Phi) is 5.99. The Morgan fingerprint density at radius 3 is 2.37 bits per heavy atom. The van der Waals surface area contributed by atoms with Gasteiger partial charge in [0, 0.05) is 51.6 Å². The highest BCUT2D eigenvalue weighted by molar-refractivity contribution is 6.06. The van der Waals surface area contributed by atoms with Crippen molar-refractivity contribution in [1.82, 2.24) is 19.8 Å². The predicted molar refractivity (Wildman–Crippen MR) is 111 cm³/mol. The van der Waals surface area contributed by atoms with Gasteiger partial charge in [-0.05, 0) is 5.56 Å². The van der Waals surface area contributed by atoms with Crippen LogP contribution in [0.2, 0.25) is 0 Å². The number of benzene rings is 1. The van der Waals surface area contributed by atoms with Gasteiger partial charge in [0.05, 0.1) is 0 Å². The van der Waals surface area contributed by atoms with Crippen LogP contribution < -0.4 is 10.2 Å². The predicted octanol–water partition coefficient (Wildman–Crippen LogP) is 0.886. The molecule has 0 saturated carbocycles. The molecule has 0 radical (unpaired) electrons. The molecular weight excluding hydrogens is 384 g/mol. The van der Waals surface area contributed by atoms with Crippen LogP contribution in [0.5, 0.6) is 0 Å². The molecule has 2 fully saturated rings. The van der Waals surface area contributed by atoms with E-state index in [1.165, 1.54) is 11.9 Å². The molecule has 0 aliphatic carbocycles. The third kappa shape index (κ3) is 4.80. The molecule has 1 N–H and O–H groups in total. The van der Waals surface area contributed by atoms with Gasteiger partial charge in [0.25, 0.3) is 0 Å². The summed E-state index contributed by atoms with van der Waals surface area (Å²) in [7, 11) is 0. The van der Waals surface area contributed by atoms with E-state index < -0.39 is 5.91 Å². The molecule has 0 atom stereocenters. The number of imide groups is 1. The Hall–Kier alpha value is -3.33. The first-order chi connectivity index (χ1) is 14.6. The lowest BCUT2D eigenvalue weighted by molar-refractivity contribution is -0.141. The van der Waals surface area contributed by atoms with Gasteiger partial charge in [-0.1, -0.05) is 30.3 Å². The fourth-order valence-electron chi connectivity index (χ4n) is 3.69. The normalized spacial score (nSPS) is 17.5. The van der Waals surface area contributed by atoms with Crippen LogP contribution >= 0.6 is 0 Å². The number of piperazine rings is 1. The largest absolute Gasteiger partial charge is 0.354 e. The van der Waals surface area contributed by atoms with Crippen molar-refractivity contribution in [2.45, 2.75) is 19.4 Å². The first-order valence-electron chi connectivity index (χ1n) is 10.0. The van der Waals surface area contributed by atoms with E-state index in [9.17, 15) is 14.4 Å². The average molecular weight is 408 g/mol. The highest BCUT2D eigenvalue weighted by atomic mass is 16.2. The molecule has 1 aromatic heterocycles. The average Bonchev–Trinajstić information content (AvgIpc) is 3.07. The number of hydrogen-bond acceptors (Lipinski definition) is 7. The molecule has 2 saturated heterocycles. The molecule has 0 bridgehead atoms. The van der Waals surface area contributed by atoms with Gasteiger partial charge < -0.3 is 10.2 Å². The lowest BCUT2D eigenvalue weighted by Crippen LogP contribution is -2.46. The maximum absolute atomic E-state index is 12.2.